The first kappa shape index (κ1) is 43.6. The van der Waals surface area contributed by atoms with Gasteiger partial charge >= 0.3 is 0 Å². The first-order valence-corrected chi connectivity index (χ1v) is 23.3. The van der Waals surface area contributed by atoms with E-state index < -0.39 is 11.8 Å². The van der Waals surface area contributed by atoms with Crippen LogP contribution in [0.25, 0.3) is 94.1 Å². The molecule has 68 heavy (non-hydrogen) atoms. The van der Waals surface area contributed by atoms with Crippen molar-refractivity contribution < 1.29 is 27.3 Å². The predicted octanol–water partition coefficient (Wildman–Crippen LogP) is 17.3. The molecule has 0 aliphatic carbocycles. The maximum absolute atomic E-state index is 8.21. The minimum atomic E-state index is -1.40. The second-order valence-electron chi connectivity index (χ2n) is 19.0. The van der Waals surface area contributed by atoms with Gasteiger partial charge in [0.05, 0.1) is 11.4 Å². The Morgan fingerprint density at radius 3 is 1.94 bits per heavy atom. The van der Waals surface area contributed by atoms with E-state index in [-0.39, 0.29) is 20.1 Å². The van der Waals surface area contributed by atoms with E-state index in [1.54, 1.807) is 6.20 Å². The van der Waals surface area contributed by atoms with Crippen LogP contribution in [0.2, 0.25) is 0 Å². The molecule has 0 saturated heterocycles. The number of rotatable bonds is 8. The van der Waals surface area contributed by atoms with E-state index >= 15 is 0 Å². The molecule has 0 N–H and O–H groups in total. The Labute approximate surface area is 416 Å². The molecule has 11 rings (SSSR count). The van der Waals surface area contributed by atoms with E-state index in [1.165, 1.54) is 55.2 Å². The molecule has 0 saturated carbocycles. The summed E-state index contributed by atoms with van der Waals surface area (Å²) in [7, 11) is 0. The summed E-state index contributed by atoms with van der Waals surface area (Å²) in [6, 6.07) is 63.7. The molecule has 0 aliphatic heterocycles. The molecule has 11 aromatic rings. The molecule has 339 valence electrons. The number of hydrogen-bond acceptors (Lipinski definition) is 3. The van der Waals surface area contributed by atoms with Gasteiger partial charge in [-0.25, -0.2) is 0 Å². The normalized spacial score (nSPS) is 12.3. The molecule has 4 nitrogen and oxygen atoms in total. The molecule has 5 heteroatoms. The number of benzene rings is 8. The van der Waals surface area contributed by atoms with Gasteiger partial charge in [0.2, 0.25) is 0 Å². The molecule has 8 aromatic carbocycles. The van der Waals surface area contributed by atoms with Gasteiger partial charge < -0.3 is 14.0 Å². The Morgan fingerprint density at radius 1 is 0.618 bits per heavy atom. The number of hydrogen-bond donors (Lipinski definition) is 0. The van der Waals surface area contributed by atoms with Crippen molar-refractivity contribution in [3.8, 4) is 50.6 Å². The molecule has 3 heterocycles. The summed E-state index contributed by atoms with van der Waals surface area (Å²) >= 11 is 0. The van der Waals surface area contributed by atoms with Crippen LogP contribution in [0, 0.1) is 17.5 Å². The van der Waals surface area contributed by atoms with Crippen molar-refractivity contribution in [1.29, 1.82) is 0 Å². The second-order valence-corrected chi connectivity index (χ2v) is 19.0. The van der Waals surface area contributed by atoms with Crippen molar-refractivity contribution in [2.75, 3.05) is 0 Å². The van der Waals surface area contributed by atoms with E-state index in [0.717, 1.165) is 50.0 Å². The van der Waals surface area contributed by atoms with Crippen LogP contribution in [0.5, 0.6) is 0 Å². The molecule has 0 unspecified atom stereocenters. The largest absolute Gasteiger partial charge is 0.501 e. The van der Waals surface area contributed by atoms with Gasteiger partial charge in [0, 0.05) is 52.5 Å². The second kappa shape index (κ2) is 19.4. The van der Waals surface area contributed by atoms with Crippen LogP contribution in [0.1, 0.15) is 79.7 Å². The third kappa shape index (κ3) is 9.22. The fourth-order valence-corrected chi connectivity index (χ4v) is 9.28. The van der Waals surface area contributed by atoms with Crippen molar-refractivity contribution in [2.45, 2.75) is 66.7 Å². The van der Waals surface area contributed by atoms with Crippen molar-refractivity contribution in [3.63, 3.8) is 0 Å². The van der Waals surface area contributed by atoms with Gasteiger partial charge in [-0.2, -0.15) is 0 Å². The van der Waals surface area contributed by atoms with Gasteiger partial charge in [-0.1, -0.05) is 156 Å². The van der Waals surface area contributed by atoms with Crippen molar-refractivity contribution >= 4 is 43.5 Å². The van der Waals surface area contributed by atoms with E-state index in [1.807, 2.05) is 69.4 Å². The average molecular weight is 1060 g/mol. The van der Waals surface area contributed by atoms with Crippen molar-refractivity contribution in [2.24, 2.45) is 5.41 Å². The summed E-state index contributed by atoms with van der Waals surface area (Å²) < 4.78 is 25.5. The van der Waals surface area contributed by atoms with Crippen LogP contribution in [-0.2, 0) is 26.5 Å². The van der Waals surface area contributed by atoms with Gasteiger partial charge in [-0.05, 0) is 120 Å². The van der Waals surface area contributed by atoms with E-state index in [4.69, 9.17) is 12.1 Å². The summed E-state index contributed by atoms with van der Waals surface area (Å²) in [5.74, 6) is 1.43. The first-order valence-electron chi connectivity index (χ1n) is 24.3. The number of pyridine rings is 1. The summed E-state index contributed by atoms with van der Waals surface area (Å²) in [5.41, 5.74) is 13.1. The fourth-order valence-electron chi connectivity index (χ4n) is 9.28. The average Bonchev–Trinajstić information content (AvgIpc) is 4.01. The van der Waals surface area contributed by atoms with Crippen LogP contribution in [0.15, 0.2) is 187 Å². The Balaban J connectivity index is 0.000000257. The number of furan rings is 1. The van der Waals surface area contributed by atoms with Gasteiger partial charge in [0.25, 0.3) is 0 Å². The summed E-state index contributed by atoms with van der Waals surface area (Å²) in [4.78, 5) is 9.34. The molecule has 0 amide bonds. The Kier molecular flexibility index (Phi) is 12.4. The molecule has 1 radical (unpaired) electrons. The van der Waals surface area contributed by atoms with Gasteiger partial charge in [-0.15, -0.1) is 54.1 Å². The van der Waals surface area contributed by atoms with E-state index in [2.05, 4.69) is 177 Å². The molecule has 0 atom stereocenters. The summed E-state index contributed by atoms with van der Waals surface area (Å²) in [6.07, 6.45) is 4.21. The first-order chi connectivity index (χ1) is 33.3. The maximum atomic E-state index is 8.21. The van der Waals surface area contributed by atoms with Crippen molar-refractivity contribution in [3.05, 3.63) is 211 Å². The van der Waals surface area contributed by atoms with E-state index in [0.29, 0.717) is 17.4 Å². The Bertz CT molecular complexity index is 3580. The molecular weight excluding hydrogens is 1010 g/mol. The number of nitrogens with zero attached hydrogens (tertiary/aromatic N) is 3. The van der Waals surface area contributed by atoms with Gasteiger partial charge in [0.15, 0.2) is 0 Å². The van der Waals surface area contributed by atoms with Crippen LogP contribution in [-0.4, -0.2) is 14.5 Å². The van der Waals surface area contributed by atoms with Crippen molar-refractivity contribution in [1.82, 2.24) is 14.5 Å². The SMILES string of the molecule is CC(C)c1cc(-c2ccccc2)cc(C(C)C)c1-n1ccnc1-c1[c-]ccc2c1oc1cc3cc(-c4ccccc4)c4ccccc4c3cc12.[2H]C([2H])(c1ccc(-c2[c-]cccc2)nc1)C(C)(C)C.[Ir]. The zero-order valence-electron chi connectivity index (χ0n) is 41.6. The van der Waals surface area contributed by atoms with Crippen LogP contribution >= 0.6 is 0 Å². The minimum absolute atomic E-state index is 0. The Morgan fingerprint density at radius 2 is 1.29 bits per heavy atom. The number of imidazole rings is 1. The smallest absolute Gasteiger partial charge is 0.121 e. The summed E-state index contributed by atoms with van der Waals surface area (Å²) in [6.45, 7) is 14.8. The number of aromatic nitrogens is 3. The van der Waals surface area contributed by atoms with Gasteiger partial charge in [-0.3, -0.25) is 4.98 Å². The fraction of sp³-hybridized carbons (Fsp3) is 0.175. The monoisotopic (exact) mass is 1060 g/mol. The zero-order valence-corrected chi connectivity index (χ0v) is 42.0. The third-order valence-electron chi connectivity index (χ3n) is 12.4. The van der Waals surface area contributed by atoms with Crippen LogP contribution in [0.4, 0.5) is 0 Å². The summed E-state index contributed by atoms with van der Waals surface area (Å²) in [5, 5.41) is 7.01. The molecule has 0 aliphatic rings. The molecule has 0 fully saturated rings. The quantitative estimate of drug-likeness (QED) is 0.113. The number of fused-ring (bicyclic) bond motifs is 6. The van der Waals surface area contributed by atoms with Crippen LogP contribution in [0.3, 0.4) is 0 Å². The predicted molar refractivity (Wildman–Crippen MR) is 281 cm³/mol. The van der Waals surface area contributed by atoms with Crippen LogP contribution < -0.4 is 0 Å². The topological polar surface area (TPSA) is 43.9 Å². The standard InChI is InChI=1S/C47H37N2O.C16H18N.Ir/c1-29(2)39-24-33(31-14-7-5-8-15-31)25-40(30(3)4)45(39)49-23-22-48-47(49)38-21-13-20-37-43-28-42-34(27-44(43)50-46(37)38)26-41(32-16-9-6-10-17-32)35-18-11-12-19-36(35)42;1-16(2,3)11-13-9-10-15(17-12-13)14-7-5-4-6-8-14;/h5-20,22-30H,1-4H3;4-7,9-10,12H,11H2,1-3H3;/q2*-1;/i;11D2;. The molecule has 0 bridgehead atoms. The van der Waals surface area contributed by atoms with Gasteiger partial charge in [0.1, 0.15) is 5.58 Å². The maximum Gasteiger partial charge on any atom is 0.121 e. The zero-order chi connectivity index (χ0) is 48.0. The Hall–Kier alpha value is -6.91. The van der Waals surface area contributed by atoms with E-state index in [9.17, 15) is 0 Å². The molecular formula is C63H55IrN3O-2. The third-order valence-corrected chi connectivity index (χ3v) is 12.4. The molecule has 3 aromatic heterocycles. The molecule has 0 spiro atoms. The minimum Gasteiger partial charge on any atom is -0.501 e.